The zero-order valence-corrected chi connectivity index (χ0v) is 12.7. The second-order valence-corrected chi connectivity index (χ2v) is 6.58. The van der Waals surface area contributed by atoms with E-state index in [1.165, 1.54) is 38.5 Å². The van der Waals surface area contributed by atoms with E-state index in [9.17, 15) is 4.79 Å². The summed E-state index contributed by atoms with van der Waals surface area (Å²) < 4.78 is 6.05. The molecule has 0 aromatic heterocycles. The van der Waals surface area contributed by atoms with E-state index < -0.39 is 0 Å². The molecule has 2 unspecified atom stereocenters. The first kappa shape index (κ1) is 15.0. The average Bonchev–Trinajstić information content (AvgIpc) is 2.87. The first-order valence-electron chi connectivity index (χ1n) is 8.38. The highest BCUT2D eigenvalue weighted by molar-refractivity contribution is 5.83. The molecule has 0 aromatic rings. The molecule has 1 heterocycles. The molecule has 1 saturated carbocycles. The molecule has 2 aliphatic rings. The van der Waals surface area contributed by atoms with Gasteiger partial charge in [0.1, 0.15) is 5.78 Å². The van der Waals surface area contributed by atoms with Gasteiger partial charge in [0.25, 0.3) is 0 Å². The summed E-state index contributed by atoms with van der Waals surface area (Å²) in [6, 6.07) is 0. The molecule has 0 amide bonds. The van der Waals surface area contributed by atoms with E-state index in [1.54, 1.807) is 0 Å². The molecule has 0 bridgehead atoms. The van der Waals surface area contributed by atoms with E-state index in [1.807, 2.05) is 0 Å². The summed E-state index contributed by atoms with van der Waals surface area (Å²) in [5.74, 6) is 1.14. The molecule has 0 radical (unpaired) electrons. The van der Waals surface area contributed by atoms with Gasteiger partial charge in [0.05, 0.1) is 5.60 Å². The summed E-state index contributed by atoms with van der Waals surface area (Å²) in [6.45, 7) is 5.18. The number of hydrogen-bond donors (Lipinski definition) is 0. The Bertz CT molecular complexity index is 292. The Balaban J connectivity index is 1.93. The van der Waals surface area contributed by atoms with Crippen LogP contribution in [-0.2, 0) is 9.53 Å². The number of unbranched alkanes of at least 4 members (excludes halogenated alkanes) is 1. The van der Waals surface area contributed by atoms with Crippen LogP contribution in [0.4, 0.5) is 0 Å². The van der Waals surface area contributed by atoms with E-state index in [-0.39, 0.29) is 11.5 Å². The third-order valence-electron chi connectivity index (χ3n) is 5.21. The maximum absolute atomic E-state index is 12.7. The van der Waals surface area contributed by atoms with Gasteiger partial charge in [-0.1, -0.05) is 39.5 Å². The van der Waals surface area contributed by atoms with Gasteiger partial charge in [-0.15, -0.1) is 0 Å². The topological polar surface area (TPSA) is 26.3 Å². The number of carbonyl (C=O) groups is 1. The second kappa shape index (κ2) is 6.88. The molecule has 2 heteroatoms. The molecule has 110 valence electrons. The highest BCUT2D eigenvalue weighted by atomic mass is 16.5. The van der Waals surface area contributed by atoms with Gasteiger partial charge in [-0.25, -0.2) is 0 Å². The van der Waals surface area contributed by atoms with Crippen LogP contribution < -0.4 is 0 Å². The molecule has 0 aromatic carbocycles. The smallest absolute Gasteiger partial charge is 0.139 e. The van der Waals surface area contributed by atoms with Crippen molar-refractivity contribution in [3.05, 3.63) is 0 Å². The highest BCUT2D eigenvalue weighted by Gasteiger charge is 2.42. The maximum atomic E-state index is 12.7. The van der Waals surface area contributed by atoms with Crippen molar-refractivity contribution < 1.29 is 9.53 Å². The highest BCUT2D eigenvalue weighted by Crippen LogP contribution is 2.43. The Labute approximate surface area is 118 Å². The molecule has 1 saturated heterocycles. The van der Waals surface area contributed by atoms with Gasteiger partial charge in [-0.2, -0.15) is 0 Å². The Morgan fingerprint density at radius 1 is 1.32 bits per heavy atom. The van der Waals surface area contributed by atoms with Crippen LogP contribution in [0.25, 0.3) is 0 Å². The second-order valence-electron chi connectivity index (χ2n) is 6.58. The SMILES string of the molecule is CCCCC(CC)C(=O)C1CCOC2(CCCC2)C1. The lowest BCUT2D eigenvalue weighted by atomic mass is 9.77. The Morgan fingerprint density at radius 2 is 2.05 bits per heavy atom. The minimum atomic E-state index is 0.0849. The molecular weight excluding hydrogens is 236 g/mol. The minimum Gasteiger partial charge on any atom is -0.375 e. The Hall–Kier alpha value is -0.370. The van der Waals surface area contributed by atoms with Gasteiger partial charge in [0, 0.05) is 18.4 Å². The maximum Gasteiger partial charge on any atom is 0.139 e. The molecule has 1 spiro atoms. The number of hydrogen-bond acceptors (Lipinski definition) is 2. The molecular formula is C17H30O2. The zero-order valence-electron chi connectivity index (χ0n) is 12.7. The number of Topliss-reactive ketones (excluding diaryl/α,β-unsaturated/α-hetero) is 1. The lowest BCUT2D eigenvalue weighted by Gasteiger charge is -2.38. The average molecular weight is 266 g/mol. The quantitative estimate of drug-likeness (QED) is 0.707. The van der Waals surface area contributed by atoms with Crippen LogP contribution in [0.1, 0.15) is 78.1 Å². The van der Waals surface area contributed by atoms with E-state index in [2.05, 4.69) is 13.8 Å². The van der Waals surface area contributed by atoms with Crippen LogP contribution in [-0.4, -0.2) is 18.0 Å². The van der Waals surface area contributed by atoms with E-state index in [4.69, 9.17) is 4.74 Å². The standard InChI is InChI=1S/C17H30O2/c1-3-5-8-14(4-2)16(18)15-9-12-19-17(13-15)10-6-7-11-17/h14-15H,3-13H2,1-2H3. The summed E-state index contributed by atoms with van der Waals surface area (Å²) in [5, 5.41) is 0. The fourth-order valence-electron chi connectivity index (χ4n) is 3.97. The fraction of sp³-hybridized carbons (Fsp3) is 0.941. The largest absolute Gasteiger partial charge is 0.375 e. The van der Waals surface area contributed by atoms with Crippen molar-refractivity contribution in [3.63, 3.8) is 0 Å². The summed E-state index contributed by atoms with van der Waals surface area (Å²) in [4.78, 5) is 12.7. The third kappa shape index (κ3) is 3.59. The Kier molecular flexibility index (Phi) is 5.44. The molecule has 19 heavy (non-hydrogen) atoms. The van der Waals surface area contributed by atoms with Gasteiger partial charge in [-0.3, -0.25) is 4.79 Å². The molecule has 0 N–H and O–H groups in total. The molecule has 2 nitrogen and oxygen atoms in total. The van der Waals surface area contributed by atoms with Crippen molar-refractivity contribution in [2.24, 2.45) is 11.8 Å². The van der Waals surface area contributed by atoms with Crippen molar-refractivity contribution in [2.45, 2.75) is 83.7 Å². The van der Waals surface area contributed by atoms with Gasteiger partial charge >= 0.3 is 0 Å². The number of ketones is 1. The molecule has 1 aliphatic carbocycles. The predicted molar refractivity (Wildman–Crippen MR) is 78.2 cm³/mol. The van der Waals surface area contributed by atoms with Gasteiger partial charge in [0.2, 0.25) is 0 Å². The fourth-order valence-corrected chi connectivity index (χ4v) is 3.97. The lowest BCUT2D eigenvalue weighted by molar-refractivity contribution is -0.140. The van der Waals surface area contributed by atoms with Crippen LogP contribution in [0.2, 0.25) is 0 Å². The first-order valence-corrected chi connectivity index (χ1v) is 8.38. The normalized spacial score (nSPS) is 27.6. The van der Waals surface area contributed by atoms with Crippen molar-refractivity contribution in [1.82, 2.24) is 0 Å². The van der Waals surface area contributed by atoms with Crippen molar-refractivity contribution in [3.8, 4) is 0 Å². The van der Waals surface area contributed by atoms with Crippen LogP contribution in [0.5, 0.6) is 0 Å². The lowest BCUT2D eigenvalue weighted by Crippen LogP contribution is -2.41. The monoisotopic (exact) mass is 266 g/mol. The first-order chi connectivity index (χ1) is 9.21. The minimum absolute atomic E-state index is 0.0849. The predicted octanol–water partition coefficient (Wildman–Crippen LogP) is 4.51. The van der Waals surface area contributed by atoms with E-state index in [0.29, 0.717) is 11.7 Å². The van der Waals surface area contributed by atoms with Crippen molar-refractivity contribution >= 4 is 5.78 Å². The van der Waals surface area contributed by atoms with Gasteiger partial charge in [-0.05, 0) is 38.5 Å². The third-order valence-corrected chi connectivity index (χ3v) is 5.21. The zero-order chi connectivity index (χ0) is 13.7. The van der Waals surface area contributed by atoms with Crippen molar-refractivity contribution in [2.75, 3.05) is 6.61 Å². The summed E-state index contributed by atoms with van der Waals surface area (Å²) in [6.07, 6.45) is 11.4. The Morgan fingerprint density at radius 3 is 2.68 bits per heavy atom. The molecule has 2 fully saturated rings. The molecule has 1 aliphatic heterocycles. The summed E-state index contributed by atoms with van der Waals surface area (Å²) in [7, 11) is 0. The molecule has 2 rings (SSSR count). The number of rotatable bonds is 6. The van der Waals surface area contributed by atoms with Crippen LogP contribution in [0, 0.1) is 11.8 Å². The van der Waals surface area contributed by atoms with Crippen LogP contribution in [0.3, 0.4) is 0 Å². The van der Waals surface area contributed by atoms with Gasteiger partial charge < -0.3 is 4.74 Å². The molecule has 2 atom stereocenters. The summed E-state index contributed by atoms with van der Waals surface area (Å²) in [5.41, 5.74) is 0.0849. The van der Waals surface area contributed by atoms with E-state index in [0.717, 1.165) is 32.3 Å². The number of ether oxygens (including phenoxy) is 1. The number of carbonyl (C=O) groups excluding carboxylic acids is 1. The van der Waals surface area contributed by atoms with Crippen LogP contribution in [0.15, 0.2) is 0 Å². The van der Waals surface area contributed by atoms with Crippen LogP contribution >= 0.6 is 0 Å². The van der Waals surface area contributed by atoms with Crippen molar-refractivity contribution in [1.29, 1.82) is 0 Å². The summed E-state index contributed by atoms with van der Waals surface area (Å²) >= 11 is 0. The van der Waals surface area contributed by atoms with Gasteiger partial charge in [0.15, 0.2) is 0 Å². The van der Waals surface area contributed by atoms with E-state index >= 15 is 0 Å².